The van der Waals surface area contributed by atoms with Crippen molar-refractivity contribution in [2.24, 2.45) is 7.05 Å². The van der Waals surface area contributed by atoms with Gasteiger partial charge in [0, 0.05) is 29.9 Å². The molecule has 28 heavy (non-hydrogen) atoms. The molecule has 1 heterocycles. The summed E-state index contributed by atoms with van der Waals surface area (Å²) in [6, 6.07) is 5.90. The molecule has 2 aromatic rings. The molecule has 0 amide bonds. The fourth-order valence-electron chi connectivity index (χ4n) is 3.12. The van der Waals surface area contributed by atoms with Gasteiger partial charge in [-0.3, -0.25) is 9.48 Å². The summed E-state index contributed by atoms with van der Waals surface area (Å²) in [5.74, 6) is -0.121. The van der Waals surface area contributed by atoms with Crippen molar-refractivity contribution >= 4 is 17.8 Å². The van der Waals surface area contributed by atoms with Gasteiger partial charge in [0.1, 0.15) is 0 Å². The lowest BCUT2D eigenvalue weighted by Crippen LogP contribution is -2.15. The predicted octanol–water partition coefficient (Wildman–Crippen LogP) is 4.72. The van der Waals surface area contributed by atoms with Crippen molar-refractivity contribution in [1.82, 2.24) is 9.78 Å². The van der Waals surface area contributed by atoms with E-state index >= 15 is 0 Å². The van der Waals surface area contributed by atoms with E-state index in [4.69, 9.17) is 4.74 Å². The van der Waals surface area contributed by atoms with E-state index in [1.54, 1.807) is 10.8 Å². The van der Waals surface area contributed by atoms with Crippen molar-refractivity contribution in [1.29, 1.82) is 0 Å². The second kappa shape index (κ2) is 9.00. The molecule has 0 saturated heterocycles. The second-order valence-corrected chi connectivity index (χ2v) is 7.73. The maximum absolute atomic E-state index is 12.6. The largest absolute Gasteiger partial charge is 0.454 e. The number of carbonyl (C=O) groups excluding carboxylic acids is 2. The van der Waals surface area contributed by atoms with Crippen LogP contribution in [-0.2, 0) is 16.6 Å². The van der Waals surface area contributed by atoms with E-state index in [0.29, 0.717) is 11.5 Å². The van der Waals surface area contributed by atoms with E-state index in [0.717, 1.165) is 22.5 Å². The summed E-state index contributed by atoms with van der Waals surface area (Å²) in [6.45, 7) is 11.9. The Bertz CT molecular complexity index is 905. The van der Waals surface area contributed by atoms with E-state index in [-0.39, 0.29) is 18.3 Å². The molecule has 0 N–H and O–H groups in total. The Morgan fingerprint density at radius 3 is 2.36 bits per heavy atom. The zero-order valence-corrected chi connectivity index (χ0v) is 17.9. The number of aryl methyl sites for hydroxylation is 2. The van der Waals surface area contributed by atoms with Crippen molar-refractivity contribution in [3.05, 3.63) is 57.9 Å². The maximum Gasteiger partial charge on any atom is 0.331 e. The number of nitrogens with zero attached hydrogens (tertiary/aromatic N) is 2. The number of rotatable bonds is 7. The van der Waals surface area contributed by atoms with E-state index in [1.165, 1.54) is 11.6 Å². The number of carbonyl (C=O) groups is 2. The molecule has 2 rings (SSSR count). The van der Waals surface area contributed by atoms with Gasteiger partial charge < -0.3 is 4.74 Å². The third-order valence-electron chi connectivity index (χ3n) is 4.96. The Morgan fingerprint density at radius 1 is 1.14 bits per heavy atom. The summed E-state index contributed by atoms with van der Waals surface area (Å²) in [4.78, 5) is 24.7. The lowest BCUT2D eigenvalue weighted by molar-refractivity contribution is -0.136. The zero-order chi connectivity index (χ0) is 21.0. The monoisotopic (exact) mass is 382 g/mol. The van der Waals surface area contributed by atoms with Crippen LogP contribution in [0.4, 0.5) is 0 Å². The number of Topliss-reactive ketones (excluding diaryl/α,β-unsaturated/α-hetero) is 1. The first-order valence-electron chi connectivity index (χ1n) is 9.63. The Hall–Kier alpha value is -2.69. The Morgan fingerprint density at radius 2 is 1.82 bits per heavy atom. The summed E-state index contributed by atoms with van der Waals surface area (Å²) in [7, 11) is 1.85. The SMILES string of the molecule is Cc1nn(C)c(C)c1/C=C/C(=O)OCC(=O)c1ccc(C(C)C)cc1C(C)C. The number of ketones is 1. The van der Waals surface area contributed by atoms with E-state index in [1.807, 2.05) is 33.0 Å². The van der Waals surface area contributed by atoms with Crippen molar-refractivity contribution in [3.63, 3.8) is 0 Å². The van der Waals surface area contributed by atoms with Gasteiger partial charge in [0.2, 0.25) is 5.78 Å². The Kier molecular flexibility index (Phi) is 6.95. The third-order valence-corrected chi connectivity index (χ3v) is 4.96. The normalized spacial score (nSPS) is 11.6. The molecular weight excluding hydrogens is 352 g/mol. The molecule has 0 aliphatic rings. The molecule has 0 aliphatic carbocycles. The summed E-state index contributed by atoms with van der Waals surface area (Å²) in [6.07, 6.45) is 3.02. The van der Waals surface area contributed by atoms with E-state index in [2.05, 4.69) is 38.9 Å². The minimum Gasteiger partial charge on any atom is -0.454 e. The molecular formula is C23H30N2O3. The average molecular weight is 383 g/mol. The van der Waals surface area contributed by atoms with Crippen molar-refractivity contribution in [3.8, 4) is 0 Å². The summed E-state index contributed by atoms with van der Waals surface area (Å²) in [5.41, 5.74) is 5.50. The van der Waals surface area contributed by atoms with Gasteiger partial charge in [-0.05, 0) is 42.9 Å². The minimum atomic E-state index is -0.541. The average Bonchev–Trinajstić information content (AvgIpc) is 2.88. The number of benzene rings is 1. The molecule has 1 aromatic carbocycles. The number of hydrogen-bond donors (Lipinski definition) is 0. The minimum absolute atomic E-state index is 0.186. The van der Waals surface area contributed by atoms with Gasteiger partial charge in [-0.25, -0.2) is 4.79 Å². The Balaban J connectivity index is 2.07. The molecule has 0 atom stereocenters. The molecule has 5 heteroatoms. The smallest absolute Gasteiger partial charge is 0.331 e. The highest BCUT2D eigenvalue weighted by Crippen LogP contribution is 2.25. The number of esters is 1. The summed E-state index contributed by atoms with van der Waals surface area (Å²) in [5, 5.41) is 4.31. The van der Waals surface area contributed by atoms with Crippen molar-refractivity contribution in [2.45, 2.75) is 53.4 Å². The molecule has 0 aliphatic heterocycles. The van der Waals surface area contributed by atoms with Crippen LogP contribution in [0.25, 0.3) is 6.08 Å². The van der Waals surface area contributed by atoms with Crippen LogP contribution in [0.2, 0.25) is 0 Å². The highest BCUT2D eigenvalue weighted by atomic mass is 16.5. The lowest BCUT2D eigenvalue weighted by atomic mass is 9.90. The first-order valence-corrected chi connectivity index (χ1v) is 9.63. The third kappa shape index (κ3) is 4.97. The van der Waals surface area contributed by atoms with Gasteiger partial charge >= 0.3 is 5.97 Å². The van der Waals surface area contributed by atoms with Crippen LogP contribution in [0.1, 0.15) is 78.0 Å². The topological polar surface area (TPSA) is 61.2 Å². The molecule has 0 saturated carbocycles. The van der Waals surface area contributed by atoms with Gasteiger partial charge in [0.15, 0.2) is 6.61 Å². The van der Waals surface area contributed by atoms with Gasteiger partial charge in [-0.15, -0.1) is 0 Å². The highest BCUT2D eigenvalue weighted by Gasteiger charge is 2.17. The van der Waals surface area contributed by atoms with Crippen LogP contribution in [-0.4, -0.2) is 28.1 Å². The standard InChI is InChI=1S/C23H30N2O3/c1-14(2)18-8-9-20(21(12-18)15(3)4)22(26)13-28-23(27)11-10-19-16(5)24-25(7)17(19)6/h8-12,14-15H,13H2,1-7H3/b11-10+. The van der Waals surface area contributed by atoms with Crippen LogP contribution in [0, 0.1) is 13.8 Å². The fraction of sp³-hybridized carbons (Fsp3) is 0.435. The van der Waals surface area contributed by atoms with Crippen molar-refractivity contribution < 1.29 is 14.3 Å². The van der Waals surface area contributed by atoms with Gasteiger partial charge in [0.25, 0.3) is 0 Å². The fourth-order valence-corrected chi connectivity index (χ4v) is 3.12. The van der Waals surface area contributed by atoms with Crippen molar-refractivity contribution in [2.75, 3.05) is 6.61 Å². The van der Waals surface area contributed by atoms with Gasteiger partial charge in [0.05, 0.1) is 5.69 Å². The maximum atomic E-state index is 12.6. The number of aromatic nitrogens is 2. The molecule has 0 spiro atoms. The molecule has 1 aromatic heterocycles. The lowest BCUT2D eigenvalue weighted by Gasteiger charge is -2.15. The van der Waals surface area contributed by atoms with Gasteiger partial charge in [-0.2, -0.15) is 5.10 Å². The predicted molar refractivity (Wildman–Crippen MR) is 112 cm³/mol. The second-order valence-electron chi connectivity index (χ2n) is 7.73. The van der Waals surface area contributed by atoms with Crippen LogP contribution in [0.5, 0.6) is 0 Å². The number of ether oxygens (including phenoxy) is 1. The number of hydrogen-bond acceptors (Lipinski definition) is 4. The molecule has 5 nitrogen and oxygen atoms in total. The molecule has 0 bridgehead atoms. The van der Waals surface area contributed by atoms with Gasteiger partial charge in [-0.1, -0.05) is 45.9 Å². The quantitative estimate of drug-likeness (QED) is 0.395. The Labute approximate surface area is 167 Å². The molecule has 0 unspecified atom stereocenters. The molecule has 0 fully saturated rings. The van der Waals surface area contributed by atoms with Crippen LogP contribution < -0.4 is 0 Å². The van der Waals surface area contributed by atoms with Crippen LogP contribution in [0.3, 0.4) is 0 Å². The summed E-state index contributed by atoms with van der Waals surface area (Å²) < 4.78 is 6.94. The zero-order valence-electron chi connectivity index (χ0n) is 17.9. The molecule has 0 radical (unpaired) electrons. The van der Waals surface area contributed by atoms with Crippen LogP contribution in [0.15, 0.2) is 24.3 Å². The van der Waals surface area contributed by atoms with E-state index in [9.17, 15) is 9.59 Å². The highest BCUT2D eigenvalue weighted by molar-refractivity contribution is 6.00. The van der Waals surface area contributed by atoms with E-state index < -0.39 is 5.97 Å². The van der Waals surface area contributed by atoms with Crippen LogP contribution >= 0.6 is 0 Å². The molecule has 150 valence electrons. The first kappa shape index (κ1) is 21.6. The summed E-state index contributed by atoms with van der Waals surface area (Å²) >= 11 is 0. The first-order chi connectivity index (χ1) is 13.1.